The molecule has 1 saturated heterocycles. The van der Waals surface area contributed by atoms with Crippen LogP contribution in [0, 0.1) is 11.8 Å². The van der Waals surface area contributed by atoms with Gasteiger partial charge in [-0.2, -0.15) is 0 Å². The summed E-state index contributed by atoms with van der Waals surface area (Å²) in [5.74, 6) is 1.32. The molecule has 1 fully saturated rings. The summed E-state index contributed by atoms with van der Waals surface area (Å²) >= 11 is 0. The van der Waals surface area contributed by atoms with E-state index in [2.05, 4.69) is 27.7 Å². The average Bonchev–Trinajstić information content (AvgIpc) is 2.44. The molecule has 1 aliphatic heterocycles. The molecule has 0 N–H and O–H groups in total. The van der Waals surface area contributed by atoms with Gasteiger partial charge in [-0.15, -0.1) is 0 Å². The average molecular weight is 270 g/mol. The van der Waals surface area contributed by atoms with Gasteiger partial charge in [-0.3, -0.25) is 0 Å². The third-order valence-electron chi connectivity index (χ3n) is 4.41. The van der Waals surface area contributed by atoms with Gasteiger partial charge < -0.3 is 9.47 Å². The van der Waals surface area contributed by atoms with Gasteiger partial charge in [-0.25, -0.2) is 0 Å². The lowest BCUT2D eigenvalue weighted by molar-refractivity contribution is -0.248. The predicted molar refractivity (Wildman–Crippen MR) is 81.2 cm³/mol. The Morgan fingerprint density at radius 3 is 2.00 bits per heavy atom. The minimum atomic E-state index is 0.0598. The minimum absolute atomic E-state index is 0.0598. The van der Waals surface area contributed by atoms with Crippen molar-refractivity contribution in [1.29, 1.82) is 0 Å². The Balaban J connectivity index is 2.55. The highest BCUT2D eigenvalue weighted by molar-refractivity contribution is 4.75. The number of ether oxygens (including phenoxy) is 2. The van der Waals surface area contributed by atoms with Crippen LogP contribution in [0.4, 0.5) is 0 Å². The largest absolute Gasteiger partial charge is 0.352 e. The first-order valence-corrected chi connectivity index (χ1v) is 8.53. The lowest BCUT2D eigenvalue weighted by atomic mass is 9.91. The smallest absolute Gasteiger partial charge is 0.160 e. The molecule has 3 atom stereocenters. The van der Waals surface area contributed by atoms with Crippen LogP contribution < -0.4 is 0 Å². The first-order valence-electron chi connectivity index (χ1n) is 8.53. The van der Waals surface area contributed by atoms with Gasteiger partial charge in [-0.05, 0) is 31.6 Å². The summed E-state index contributed by atoms with van der Waals surface area (Å²) in [4.78, 5) is 0. The molecule has 3 unspecified atom stereocenters. The van der Waals surface area contributed by atoms with Crippen molar-refractivity contribution in [3.8, 4) is 0 Å². The van der Waals surface area contributed by atoms with E-state index in [0.29, 0.717) is 12.0 Å². The van der Waals surface area contributed by atoms with Crippen molar-refractivity contribution in [2.45, 2.75) is 91.5 Å². The third kappa shape index (κ3) is 5.43. The van der Waals surface area contributed by atoms with E-state index >= 15 is 0 Å². The van der Waals surface area contributed by atoms with Gasteiger partial charge in [0.25, 0.3) is 0 Å². The molecule has 1 aliphatic rings. The summed E-state index contributed by atoms with van der Waals surface area (Å²) in [5.41, 5.74) is 0. The number of hydrogen-bond acceptors (Lipinski definition) is 2. The molecule has 19 heavy (non-hydrogen) atoms. The van der Waals surface area contributed by atoms with E-state index in [-0.39, 0.29) is 6.29 Å². The molecule has 0 spiro atoms. The van der Waals surface area contributed by atoms with E-state index in [1.54, 1.807) is 0 Å². The first kappa shape index (κ1) is 17.0. The molecule has 0 aromatic rings. The first-order chi connectivity index (χ1) is 9.26. The Morgan fingerprint density at radius 2 is 1.47 bits per heavy atom. The van der Waals surface area contributed by atoms with Crippen LogP contribution in [0.2, 0.25) is 0 Å². The van der Waals surface area contributed by atoms with E-state index in [1.165, 1.54) is 44.9 Å². The van der Waals surface area contributed by atoms with Gasteiger partial charge >= 0.3 is 0 Å². The molecule has 114 valence electrons. The zero-order valence-electron chi connectivity index (χ0n) is 13.5. The molecule has 2 nitrogen and oxygen atoms in total. The van der Waals surface area contributed by atoms with Crippen LogP contribution in [0.15, 0.2) is 0 Å². The lowest BCUT2D eigenvalue weighted by Crippen LogP contribution is -2.40. The van der Waals surface area contributed by atoms with Crippen molar-refractivity contribution in [3.63, 3.8) is 0 Å². The molecule has 1 heterocycles. The summed E-state index contributed by atoms with van der Waals surface area (Å²) in [5, 5.41) is 0. The van der Waals surface area contributed by atoms with E-state index in [1.807, 2.05) is 0 Å². The molecule has 0 bridgehead atoms. The van der Waals surface area contributed by atoms with Crippen molar-refractivity contribution < 1.29 is 9.47 Å². The van der Waals surface area contributed by atoms with Gasteiger partial charge in [0.1, 0.15) is 0 Å². The normalized spacial score (nSPS) is 25.7. The minimum Gasteiger partial charge on any atom is -0.352 e. The molecule has 0 aromatic heterocycles. The van der Waals surface area contributed by atoms with Crippen LogP contribution in [-0.4, -0.2) is 19.0 Å². The fourth-order valence-corrected chi connectivity index (χ4v) is 3.36. The molecule has 2 heteroatoms. The quantitative estimate of drug-likeness (QED) is 0.576. The van der Waals surface area contributed by atoms with Crippen molar-refractivity contribution >= 4 is 0 Å². The Morgan fingerprint density at radius 1 is 0.895 bits per heavy atom. The SMILES string of the molecule is CCCC(CC)C1CCOC(C(CCC)CCC)O1. The lowest BCUT2D eigenvalue weighted by Gasteiger charge is -2.38. The Labute approximate surface area is 120 Å². The van der Waals surface area contributed by atoms with Crippen molar-refractivity contribution in [2.75, 3.05) is 6.61 Å². The molecule has 0 aromatic carbocycles. The van der Waals surface area contributed by atoms with Crippen LogP contribution in [0.5, 0.6) is 0 Å². The maximum atomic E-state index is 6.34. The number of rotatable bonds is 9. The topological polar surface area (TPSA) is 18.5 Å². The predicted octanol–water partition coefficient (Wildman–Crippen LogP) is 5.16. The standard InChI is InChI=1S/C17H34O2/c1-5-9-14(8-4)16-12-13-18-17(19-16)15(10-6-2)11-7-3/h14-17H,5-13H2,1-4H3. The maximum absolute atomic E-state index is 6.34. The maximum Gasteiger partial charge on any atom is 0.160 e. The summed E-state index contributed by atoms with van der Waals surface area (Å²) in [6, 6.07) is 0. The van der Waals surface area contributed by atoms with E-state index in [0.717, 1.165) is 18.9 Å². The Kier molecular flexibility index (Phi) is 8.72. The van der Waals surface area contributed by atoms with Gasteiger partial charge in [0.2, 0.25) is 0 Å². The molecule has 0 aliphatic carbocycles. The second-order valence-electron chi connectivity index (χ2n) is 6.00. The van der Waals surface area contributed by atoms with Crippen molar-refractivity contribution in [3.05, 3.63) is 0 Å². The van der Waals surface area contributed by atoms with Crippen LogP contribution >= 0.6 is 0 Å². The van der Waals surface area contributed by atoms with Gasteiger partial charge in [0.05, 0.1) is 12.7 Å². The summed E-state index contributed by atoms with van der Waals surface area (Å²) in [7, 11) is 0. The van der Waals surface area contributed by atoms with E-state index < -0.39 is 0 Å². The summed E-state index contributed by atoms with van der Waals surface area (Å²) < 4.78 is 12.3. The highest BCUT2D eigenvalue weighted by Gasteiger charge is 2.32. The van der Waals surface area contributed by atoms with Crippen LogP contribution in [0.1, 0.15) is 79.1 Å². The zero-order valence-corrected chi connectivity index (χ0v) is 13.5. The zero-order chi connectivity index (χ0) is 14.1. The number of hydrogen-bond donors (Lipinski definition) is 0. The fraction of sp³-hybridized carbons (Fsp3) is 1.00. The summed E-state index contributed by atoms with van der Waals surface area (Å²) in [6.07, 6.45) is 10.3. The third-order valence-corrected chi connectivity index (χ3v) is 4.41. The second-order valence-corrected chi connectivity index (χ2v) is 6.00. The van der Waals surface area contributed by atoms with Crippen molar-refractivity contribution in [2.24, 2.45) is 11.8 Å². The molecule has 0 radical (unpaired) electrons. The van der Waals surface area contributed by atoms with Gasteiger partial charge in [0.15, 0.2) is 6.29 Å². The Bertz CT molecular complexity index is 211. The monoisotopic (exact) mass is 270 g/mol. The fourth-order valence-electron chi connectivity index (χ4n) is 3.36. The molecular weight excluding hydrogens is 236 g/mol. The van der Waals surface area contributed by atoms with Crippen LogP contribution in [0.3, 0.4) is 0 Å². The van der Waals surface area contributed by atoms with Crippen LogP contribution in [-0.2, 0) is 9.47 Å². The van der Waals surface area contributed by atoms with Gasteiger partial charge in [-0.1, -0.05) is 53.4 Å². The van der Waals surface area contributed by atoms with E-state index in [9.17, 15) is 0 Å². The summed E-state index contributed by atoms with van der Waals surface area (Å²) in [6.45, 7) is 9.98. The van der Waals surface area contributed by atoms with Gasteiger partial charge in [0, 0.05) is 5.92 Å². The Hall–Kier alpha value is -0.0800. The highest BCUT2D eigenvalue weighted by Crippen LogP contribution is 2.31. The molecule has 1 rings (SSSR count). The molecule has 0 saturated carbocycles. The molecular formula is C17H34O2. The molecule has 0 amide bonds. The second kappa shape index (κ2) is 9.77. The van der Waals surface area contributed by atoms with Crippen molar-refractivity contribution in [1.82, 2.24) is 0 Å². The van der Waals surface area contributed by atoms with E-state index in [4.69, 9.17) is 9.47 Å². The highest BCUT2D eigenvalue weighted by atomic mass is 16.7. The van der Waals surface area contributed by atoms with Crippen LogP contribution in [0.25, 0.3) is 0 Å².